The number of anilines is 1. The van der Waals surface area contributed by atoms with E-state index < -0.39 is 66.1 Å². The van der Waals surface area contributed by atoms with Crippen molar-refractivity contribution in [1.29, 1.82) is 0 Å². The predicted octanol–water partition coefficient (Wildman–Crippen LogP) is 5.38. The van der Waals surface area contributed by atoms with E-state index >= 15 is 0 Å². The molecule has 3 aromatic rings. The zero-order chi connectivity index (χ0) is 32.6. The molecule has 45 heavy (non-hydrogen) atoms. The number of alkyl halides is 3. The van der Waals surface area contributed by atoms with Gasteiger partial charge in [-0.05, 0) is 48.2 Å². The van der Waals surface area contributed by atoms with Crippen molar-refractivity contribution in [1.82, 2.24) is 15.6 Å². The number of benzene rings is 2. The van der Waals surface area contributed by atoms with Crippen LogP contribution in [0.4, 0.5) is 41.2 Å². The average molecular weight is 643 g/mol. The van der Waals surface area contributed by atoms with E-state index in [1.807, 2.05) is 0 Å². The van der Waals surface area contributed by atoms with Crippen LogP contribution in [0.2, 0.25) is 0 Å². The first-order valence-corrected chi connectivity index (χ1v) is 13.8. The van der Waals surface area contributed by atoms with Crippen LogP contribution in [-0.4, -0.2) is 61.6 Å². The van der Waals surface area contributed by atoms with Crippen molar-refractivity contribution in [3.8, 4) is 0 Å². The van der Waals surface area contributed by atoms with Crippen LogP contribution in [0.3, 0.4) is 0 Å². The van der Waals surface area contributed by atoms with Crippen LogP contribution in [0.15, 0.2) is 54.9 Å². The lowest BCUT2D eigenvalue weighted by molar-refractivity contribution is -0.124. The van der Waals surface area contributed by atoms with Crippen LogP contribution in [0.1, 0.15) is 35.4 Å². The predicted molar refractivity (Wildman–Crippen MR) is 147 cm³/mol. The third-order valence-electron chi connectivity index (χ3n) is 6.96. The molecule has 1 saturated heterocycles. The number of carbonyl (C=O) groups excluding carboxylic acids is 2. The summed E-state index contributed by atoms with van der Waals surface area (Å²) in [6, 6.07) is 7.52. The number of hydrogen-bond donors (Lipinski definition) is 3. The molecule has 0 saturated carbocycles. The number of hydrogen-bond acceptors (Lipinski definition) is 6. The lowest BCUT2D eigenvalue weighted by Gasteiger charge is -2.30. The molecule has 15 heteroatoms. The second-order valence-corrected chi connectivity index (χ2v) is 10.4. The monoisotopic (exact) mass is 642 g/mol. The van der Waals surface area contributed by atoms with Crippen molar-refractivity contribution in [2.24, 2.45) is 0 Å². The topological polar surface area (TPSA) is 102 Å². The highest BCUT2D eigenvalue weighted by Gasteiger charge is 2.29. The van der Waals surface area contributed by atoms with Gasteiger partial charge in [0.25, 0.3) is 0 Å². The number of morpholine rings is 1. The number of ether oxygens (including phenoxy) is 2. The molecular weight excluding hydrogens is 613 g/mol. The van der Waals surface area contributed by atoms with Crippen LogP contribution in [0, 0.1) is 23.3 Å². The molecule has 1 aliphatic heterocycles. The van der Waals surface area contributed by atoms with Crippen molar-refractivity contribution in [3.05, 3.63) is 94.8 Å². The molecule has 2 amide bonds. The van der Waals surface area contributed by atoms with Gasteiger partial charge in [-0.15, -0.1) is 0 Å². The van der Waals surface area contributed by atoms with Gasteiger partial charge in [-0.25, -0.2) is 22.4 Å². The van der Waals surface area contributed by atoms with Crippen LogP contribution >= 0.6 is 0 Å². The van der Waals surface area contributed by atoms with Gasteiger partial charge < -0.3 is 25.4 Å². The average Bonchev–Trinajstić information content (AvgIpc) is 2.98. The number of alkyl carbamates (subject to hydrolysis) is 1. The minimum Gasteiger partial charge on any atom is -0.448 e. The molecular formula is C30H29F7N4O4. The first-order valence-electron chi connectivity index (χ1n) is 13.8. The Morgan fingerprint density at radius 1 is 1.00 bits per heavy atom. The summed E-state index contributed by atoms with van der Waals surface area (Å²) in [5.74, 6) is -4.38. The number of amides is 2. The number of aromatic nitrogens is 1. The Morgan fingerprint density at radius 3 is 2.36 bits per heavy atom. The van der Waals surface area contributed by atoms with E-state index in [0.717, 1.165) is 30.5 Å². The number of pyridine rings is 1. The first-order chi connectivity index (χ1) is 21.4. The number of nitrogens with zero attached hydrogens (tertiary/aromatic N) is 1. The van der Waals surface area contributed by atoms with Crippen molar-refractivity contribution in [2.45, 2.75) is 43.5 Å². The maximum atomic E-state index is 14.8. The van der Waals surface area contributed by atoms with Gasteiger partial charge in [0.15, 0.2) is 0 Å². The quantitative estimate of drug-likeness (QED) is 0.243. The Hall–Kier alpha value is -4.24. The normalized spacial score (nSPS) is 17.4. The van der Waals surface area contributed by atoms with Gasteiger partial charge in [0.1, 0.15) is 36.4 Å². The molecule has 2 aromatic carbocycles. The SMILES string of the molecule is O=C(C[C@@H](c1ccc(F)cc1)c1cc(F)cc(F)c1)Nc1cncc(F)c1CC[C@@H]1CN[C@@H](COC(=O)NCC(F)(F)F)CO1. The number of halogens is 7. The highest BCUT2D eigenvalue weighted by atomic mass is 19.4. The van der Waals surface area contributed by atoms with Gasteiger partial charge in [0.05, 0.1) is 36.8 Å². The molecule has 3 N–H and O–H groups in total. The fourth-order valence-corrected chi connectivity index (χ4v) is 4.78. The lowest BCUT2D eigenvalue weighted by atomic mass is 9.88. The molecule has 8 nitrogen and oxygen atoms in total. The summed E-state index contributed by atoms with van der Waals surface area (Å²) >= 11 is 0. The van der Waals surface area contributed by atoms with Gasteiger partial charge in [-0.1, -0.05) is 12.1 Å². The Labute approximate surface area is 253 Å². The van der Waals surface area contributed by atoms with E-state index in [-0.39, 0.29) is 49.4 Å². The van der Waals surface area contributed by atoms with Gasteiger partial charge in [0.2, 0.25) is 5.91 Å². The van der Waals surface area contributed by atoms with Gasteiger partial charge >= 0.3 is 12.3 Å². The summed E-state index contributed by atoms with van der Waals surface area (Å²) in [5, 5.41) is 7.27. The van der Waals surface area contributed by atoms with E-state index in [4.69, 9.17) is 9.47 Å². The maximum absolute atomic E-state index is 14.8. The zero-order valence-corrected chi connectivity index (χ0v) is 23.6. The molecule has 0 spiro atoms. The van der Waals surface area contributed by atoms with E-state index in [0.29, 0.717) is 18.1 Å². The minimum atomic E-state index is -4.56. The first kappa shape index (κ1) is 33.6. The van der Waals surface area contributed by atoms with Crippen molar-refractivity contribution in [3.63, 3.8) is 0 Å². The summed E-state index contributed by atoms with van der Waals surface area (Å²) in [4.78, 5) is 28.4. The zero-order valence-electron chi connectivity index (χ0n) is 23.6. The van der Waals surface area contributed by atoms with Crippen molar-refractivity contribution >= 4 is 17.7 Å². The van der Waals surface area contributed by atoms with Crippen LogP contribution < -0.4 is 16.0 Å². The Morgan fingerprint density at radius 2 is 1.71 bits per heavy atom. The summed E-state index contributed by atoms with van der Waals surface area (Å²) in [7, 11) is 0. The second-order valence-electron chi connectivity index (χ2n) is 10.4. The van der Waals surface area contributed by atoms with Crippen molar-refractivity contribution in [2.75, 3.05) is 31.6 Å². The second kappa shape index (κ2) is 15.2. The van der Waals surface area contributed by atoms with E-state index in [1.54, 1.807) is 5.32 Å². The molecule has 242 valence electrons. The Kier molecular flexibility index (Phi) is 11.3. The molecule has 1 aliphatic rings. The molecule has 1 fully saturated rings. The largest absolute Gasteiger partial charge is 0.448 e. The summed E-state index contributed by atoms with van der Waals surface area (Å²) in [6.07, 6.45) is -3.82. The molecule has 0 aliphatic carbocycles. The standard InChI is InChI=1S/C30H29F7N4O4/c31-19-3-1-17(2-4-19)25(18-7-20(32)9-21(33)8-18)10-28(42)41-27-13-38-12-26(34)24(27)6-5-23-11-39-22(14-44-23)15-45-29(43)40-16-30(35,36)37/h1-4,7-9,12-13,22-23,25,39H,5-6,10-11,14-16H2,(H,40,43)(H,41,42)/t22-,23-,25+/m1/s1. The Bertz CT molecular complexity index is 1450. The molecule has 0 bridgehead atoms. The smallest absolute Gasteiger partial charge is 0.407 e. The van der Waals surface area contributed by atoms with Crippen LogP contribution in [-0.2, 0) is 20.7 Å². The third-order valence-corrected chi connectivity index (χ3v) is 6.96. The summed E-state index contributed by atoms with van der Waals surface area (Å²) < 4.78 is 104. The van der Waals surface area contributed by atoms with Gasteiger partial charge in [0, 0.05) is 30.5 Å². The summed E-state index contributed by atoms with van der Waals surface area (Å²) in [6.45, 7) is -1.40. The molecule has 0 radical (unpaired) electrons. The maximum Gasteiger partial charge on any atom is 0.407 e. The fourth-order valence-electron chi connectivity index (χ4n) is 4.78. The molecule has 2 heterocycles. The lowest BCUT2D eigenvalue weighted by Crippen LogP contribution is -2.49. The van der Waals surface area contributed by atoms with Crippen molar-refractivity contribution < 1.29 is 49.8 Å². The van der Waals surface area contributed by atoms with Crippen LogP contribution in [0.5, 0.6) is 0 Å². The molecule has 0 unspecified atom stereocenters. The van der Waals surface area contributed by atoms with Crippen LogP contribution in [0.25, 0.3) is 0 Å². The van der Waals surface area contributed by atoms with E-state index in [9.17, 15) is 40.3 Å². The molecule has 1 aromatic heterocycles. The highest BCUT2D eigenvalue weighted by molar-refractivity contribution is 5.92. The third kappa shape index (κ3) is 10.4. The highest BCUT2D eigenvalue weighted by Crippen LogP contribution is 2.31. The van der Waals surface area contributed by atoms with Gasteiger partial charge in [-0.3, -0.25) is 9.78 Å². The number of rotatable bonds is 11. The number of carbonyl (C=O) groups is 2. The molecule has 3 atom stereocenters. The summed E-state index contributed by atoms with van der Waals surface area (Å²) in [5.41, 5.74) is 0.813. The minimum absolute atomic E-state index is 0.0745. The van der Waals surface area contributed by atoms with E-state index in [2.05, 4.69) is 15.6 Å². The number of nitrogens with one attached hydrogen (secondary N) is 3. The van der Waals surface area contributed by atoms with Gasteiger partial charge in [-0.2, -0.15) is 13.2 Å². The Balaban J connectivity index is 1.34. The fraction of sp³-hybridized carbons (Fsp3) is 0.367. The van der Waals surface area contributed by atoms with E-state index in [1.165, 1.54) is 18.3 Å². The molecule has 4 rings (SSSR count).